The van der Waals surface area contributed by atoms with Gasteiger partial charge >= 0.3 is 0 Å². The molecule has 0 bridgehead atoms. The number of hydrogen-bond donors (Lipinski definition) is 0. The van der Waals surface area contributed by atoms with Crippen molar-refractivity contribution >= 4 is 17.7 Å². The van der Waals surface area contributed by atoms with Crippen LogP contribution in [0.25, 0.3) is 0 Å². The number of aromatic nitrogens is 2. The van der Waals surface area contributed by atoms with Gasteiger partial charge in [-0.2, -0.15) is 5.10 Å². The molecule has 1 aromatic heterocycles. The summed E-state index contributed by atoms with van der Waals surface area (Å²) >= 11 is 1.74. The molecule has 0 saturated heterocycles. The first-order chi connectivity index (χ1) is 13.2. The van der Waals surface area contributed by atoms with Gasteiger partial charge in [-0.25, -0.2) is 0 Å². The molecule has 4 nitrogen and oxygen atoms in total. The van der Waals surface area contributed by atoms with Crippen LogP contribution in [0, 0.1) is 0 Å². The minimum atomic E-state index is 0.189. The quantitative estimate of drug-likeness (QED) is 0.629. The molecule has 1 amide bonds. The van der Waals surface area contributed by atoms with E-state index in [1.807, 2.05) is 41.0 Å². The molecule has 3 aromatic rings. The van der Waals surface area contributed by atoms with Gasteiger partial charge in [-0.1, -0.05) is 42.5 Å². The van der Waals surface area contributed by atoms with E-state index in [1.54, 1.807) is 11.8 Å². The molecule has 138 valence electrons. The van der Waals surface area contributed by atoms with Gasteiger partial charge in [-0.15, -0.1) is 11.8 Å². The van der Waals surface area contributed by atoms with Crippen LogP contribution in [0.5, 0.6) is 0 Å². The molecule has 0 spiro atoms. The van der Waals surface area contributed by atoms with Crippen molar-refractivity contribution < 1.29 is 4.79 Å². The Kier molecular flexibility index (Phi) is 5.30. The van der Waals surface area contributed by atoms with Crippen LogP contribution in [-0.2, 0) is 18.4 Å². The lowest BCUT2D eigenvalue weighted by atomic mass is 9.86. The Bertz CT molecular complexity index is 922. The second-order valence-electron chi connectivity index (χ2n) is 6.88. The predicted octanol–water partition coefficient (Wildman–Crippen LogP) is 4.08. The highest BCUT2D eigenvalue weighted by molar-refractivity contribution is 7.99. The second-order valence-corrected chi connectivity index (χ2v) is 8.05. The number of aryl methyl sites for hydroxylation is 1. The van der Waals surface area contributed by atoms with Gasteiger partial charge in [0.25, 0.3) is 0 Å². The molecule has 0 N–H and O–H groups in total. The number of carbonyl (C=O) groups is 1. The van der Waals surface area contributed by atoms with E-state index in [0.29, 0.717) is 13.0 Å². The Labute approximate surface area is 164 Å². The van der Waals surface area contributed by atoms with Gasteiger partial charge in [0.15, 0.2) is 0 Å². The van der Waals surface area contributed by atoms with E-state index in [1.165, 1.54) is 21.6 Å². The fourth-order valence-corrected chi connectivity index (χ4v) is 4.50. The first-order valence-electron chi connectivity index (χ1n) is 9.22. The smallest absolute Gasteiger partial charge is 0.223 e. The van der Waals surface area contributed by atoms with E-state index in [4.69, 9.17) is 0 Å². The molecular weight excluding hydrogens is 354 g/mol. The minimum absolute atomic E-state index is 0.189. The number of thioether (sulfide) groups is 1. The topological polar surface area (TPSA) is 38.1 Å². The van der Waals surface area contributed by atoms with Crippen LogP contribution < -0.4 is 0 Å². The first kappa shape index (κ1) is 17.9. The summed E-state index contributed by atoms with van der Waals surface area (Å²) in [6, 6.07) is 18.7. The van der Waals surface area contributed by atoms with Crippen LogP contribution >= 0.6 is 11.8 Å². The molecule has 1 atom stereocenters. The summed E-state index contributed by atoms with van der Waals surface area (Å²) in [5.74, 6) is 1.22. The third-order valence-corrected chi connectivity index (χ3v) is 6.02. The zero-order valence-electron chi connectivity index (χ0n) is 15.4. The van der Waals surface area contributed by atoms with E-state index in [0.717, 1.165) is 12.3 Å². The van der Waals surface area contributed by atoms with Crippen molar-refractivity contribution in [2.75, 3.05) is 12.3 Å². The zero-order valence-corrected chi connectivity index (χ0v) is 16.2. The number of benzene rings is 2. The average Bonchev–Trinajstić information content (AvgIpc) is 3.14. The van der Waals surface area contributed by atoms with E-state index in [2.05, 4.69) is 47.7 Å². The molecule has 1 unspecified atom stereocenters. The summed E-state index contributed by atoms with van der Waals surface area (Å²) in [7, 11) is 1.93. The maximum absolute atomic E-state index is 12.9. The third kappa shape index (κ3) is 4.08. The molecule has 1 aliphatic rings. The molecule has 1 aliphatic heterocycles. The first-order valence-corrected chi connectivity index (χ1v) is 10.2. The normalized spacial score (nSPS) is 16.2. The Hall–Kier alpha value is -2.53. The SMILES string of the molecule is Cn1cc(C2CN(C(=O)CCSc3ccccc3)Cc3ccccc32)cn1. The molecule has 0 fully saturated rings. The number of carbonyl (C=O) groups excluding carboxylic acids is 1. The zero-order chi connectivity index (χ0) is 18.6. The molecule has 0 saturated carbocycles. The second kappa shape index (κ2) is 8.01. The highest BCUT2D eigenvalue weighted by Crippen LogP contribution is 2.33. The third-order valence-electron chi connectivity index (χ3n) is 5.00. The lowest BCUT2D eigenvalue weighted by Gasteiger charge is -2.34. The summed E-state index contributed by atoms with van der Waals surface area (Å²) in [5.41, 5.74) is 3.72. The molecule has 5 heteroatoms. The van der Waals surface area contributed by atoms with Gasteiger partial charge in [0.2, 0.25) is 5.91 Å². The molecule has 2 heterocycles. The Morgan fingerprint density at radius 1 is 1.15 bits per heavy atom. The van der Waals surface area contributed by atoms with Gasteiger partial charge in [-0.05, 0) is 28.8 Å². The fourth-order valence-electron chi connectivity index (χ4n) is 3.63. The van der Waals surface area contributed by atoms with Gasteiger partial charge in [0.05, 0.1) is 6.20 Å². The van der Waals surface area contributed by atoms with E-state index in [-0.39, 0.29) is 11.8 Å². The monoisotopic (exact) mass is 377 g/mol. The van der Waals surface area contributed by atoms with Gasteiger partial charge < -0.3 is 4.90 Å². The number of hydrogen-bond acceptors (Lipinski definition) is 3. The standard InChI is InChI=1S/C22H23N3OS/c1-24-14-18(13-23-24)21-16-25(15-17-7-5-6-10-20(17)21)22(26)11-12-27-19-8-3-2-4-9-19/h2-10,13-14,21H,11-12,15-16H2,1H3. The summed E-state index contributed by atoms with van der Waals surface area (Å²) in [6.07, 6.45) is 4.53. The molecule has 0 aliphatic carbocycles. The number of fused-ring (bicyclic) bond motifs is 1. The summed E-state index contributed by atoms with van der Waals surface area (Å²) in [6.45, 7) is 1.42. The minimum Gasteiger partial charge on any atom is -0.337 e. The summed E-state index contributed by atoms with van der Waals surface area (Å²) in [4.78, 5) is 16.1. The van der Waals surface area contributed by atoms with Crippen molar-refractivity contribution in [2.24, 2.45) is 7.05 Å². The van der Waals surface area contributed by atoms with Crippen molar-refractivity contribution in [1.82, 2.24) is 14.7 Å². The molecular formula is C22H23N3OS. The fraction of sp³-hybridized carbons (Fsp3) is 0.273. The van der Waals surface area contributed by atoms with E-state index in [9.17, 15) is 4.79 Å². The van der Waals surface area contributed by atoms with Gasteiger partial charge in [0.1, 0.15) is 0 Å². The van der Waals surface area contributed by atoms with Crippen molar-refractivity contribution in [1.29, 1.82) is 0 Å². The Morgan fingerprint density at radius 3 is 2.70 bits per heavy atom. The maximum atomic E-state index is 12.9. The van der Waals surface area contributed by atoms with E-state index < -0.39 is 0 Å². The largest absolute Gasteiger partial charge is 0.337 e. The van der Waals surface area contributed by atoms with Crippen LogP contribution in [-0.4, -0.2) is 32.9 Å². The highest BCUT2D eigenvalue weighted by atomic mass is 32.2. The van der Waals surface area contributed by atoms with Crippen LogP contribution in [0.15, 0.2) is 71.9 Å². The highest BCUT2D eigenvalue weighted by Gasteiger charge is 2.29. The van der Waals surface area contributed by atoms with Crippen LogP contribution in [0.3, 0.4) is 0 Å². The number of nitrogens with zero attached hydrogens (tertiary/aromatic N) is 3. The summed E-state index contributed by atoms with van der Waals surface area (Å²) in [5, 5.41) is 4.33. The average molecular weight is 378 g/mol. The van der Waals surface area contributed by atoms with Gasteiger partial charge in [0, 0.05) is 49.3 Å². The van der Waals surface area contributed by atoms with Crippen molar-refractivity contribution in [3.8, 4) is 0 Å². The molecule has 0 radical (unpaired) electrons. The Balaban J connectivity index is 1.46. The van der Waals surface area contributed by atoms with Crippen LogP contribution in [0.1, 0.15) is 29.0 Å². The Morgan fingerprint density at radius 2 is 1.93 bits per heavy atom. The van der Waals surface area contributed by atoms with Crippen molar-refractivity contribution in [3.05, 3.63) is 83.7 Å². The maximum Gasteiger partial charge on any atom is 0.223 e. The lowest BCUT2D eigenvalue weighted by molar-refractivity contribution is -0.131. The molecule has 27 heavy (non-hydrogen) atoms. The molecule has 4 rings (SSSR count). The number of rotatable bonds is 5. The summed E-state index contributed by atoms with van der Waals surface area (Å²) < 4.78 is 1.83. The van der Waals surface area contributed by atoms with E-state index >= 15 is 0 Å². The van der Waals surface area contributed by atoms with Gasteiger partial charge in [-0.3, -0.25) is 9.48 Å². The van der Waals surface area contributed by atoms with Crippen LogP contribution in [0.4, 0.5) is 0 Å². The van der Waals surface area contributed by atoms with Crippen molar-refractivity contribution in [2.45, 2.75) is 23.8 Å². The predicted molar refractivity (Wildman–Crippen MR) is 109 cm³/mol. The molecule has 2 aromatic carbocycles. The number of amides is 1. The van der Waals surface area contributed by atoms with Crippen molar-refractivity contribution in [3.63, 3.8) is 0 Å². The lowest BCUT2D eigenvalue weighted by Crippen LogP contribution is -2.38. The van der Waals surface area contributed by atoms with Crippen LogP contribution in [0.2, 0.25) is 0 Å².